The van der Waals surface area contributed by atoms with Crippen molar-refractivity contribution in [3.63, 3.8) is 0 Å². The molecule has 0 atom stereocenters. The number of alkyl halides is 1. The quantitative estimate of drug-likeness (QED) is 0.415. The van der Waals surface area contributed by atoms with Gasteiger partial charge in [-0.25, -0.2) is 4.39 Å². The van der Waals surface area contributed by atoms with Crippen molar-refractivity contribution < 1.29 is 4.39 Å². The van der Waals surface area contributed by atoms with E-state index in [9.17, 15) is 4.39 Å². The predicted octanol–water partition coefficient (Wildman–Crippen LogP) is 7.45. The predicted molar refractivity (Wildman–Crippen MR) is 99.6 cm³/mol. The number of hydrogen-bond acceptors (Lipinski definition) is 0. The maximum absolute atomic E-state index is 13.2. The van der Waals surface area contributed by atoms with Crippen LogP contribution in [0.15, 0.2) is 30.3 Å². The second kappa shape index (κ2) is 10.6. The first kappa shape index (κ1) is 18.2. The molecule has 0 unspecified atom stereocenters. The highest BCUT2D eigenvalue weighted by molar-refractivity contribution is 5.49. The van der Waals surface area contributed by atoms with Gasteiger partial charge in [0.05, 0.1) is 0 Å². The Hall–Kier alpha value is -1.11. The highest BCUT2D eigenvalue weighted by atomic mass is 19.1. The fourth-order valence-electron chi connectivity index (χ4n) is 3.53. The highest BCUT2D eigenvalue weighted by Crippen LogP contribution is 2.34. The lowest BCUT2D eigenvalue weighted by Crippen LogP contribution is -2.13. The second-order valence-corrected chi connectivity index (χ2v) is 7.07. The van der Waals surface area contributed by atoms with Gasteiger partial charge in [0.1, 0.15) is 6.17 Å². The van der Waals surface area contributed by atoms with E-state index in [-0.39, 0.29) is 0 Å². The van der Waals surface area contributed by atoms with Crippen LogP contribution in [-0.2, 0) is 0 Å². The van der Waals surface area contributed by atoms with Crippen molar-refractivity contribution in [2.45, 2.75) is 89.6 Å². The summed E-state index contributed by atoms with van der Waals surface area (Å²) in [6, 6.07) is 8.92. The zero-order valence-corrected chi connectivity index (χ0v) is 14.8. The van der Waals surface area contributed by atoms with Crippen LogP contribution in [0.4, 0.5) is 4.39 Å². The SMILES string of the molecule is CCCCCCCCC=Cc1ccc([C@H]2CC[C@H](F)CC2)cc1. The average molecular weight is 317 g/mol. The smallest absolute Gasteiger partial charge is 0.100 e. The summed E-state index contributed by atoms with van der Waals surface area (Å²) in [6.45, 7) is 2.26. The molecular weight excluding hydrogens is 283 g/mol. The third-order valence-electron chi connectivity index (χ3n) is 5.10. The van der Waals surface area contributed by atoms with Crippen molar-refractivity contribution in [3.05, 3.63) is 41.5 Å². The molecule has 0 amide bonds. The molecule has 0 spiro atoms. The van der Waals surface area contributed by atoms with E-state index in [0.717, 1.165) is 25.7 Å². The van der Waals surface area contributed by atoms with Gasteiger partial charge in [0, 0.05) is 0 Å². The van der Waals surface area contributed by atoms with Crippen molar-refractivity contribution in [3.8, 4) is 0 Å². The van der Waals surface area contributed by atoms with E-state index in [2.05, 4.69) is 43.3 Å². The molecule has 23 heavy (non-hydrogen) atoms. The Morgan fingerprint density at radius 3 is 2.26 bits per heavy atom. The van der Waals surface area contributed by atoms with E-state index >= 15 is 0 Å². The summed E-state index contributed by atoms with van der Waals surface area (Å²) in [6.07, 6.45) is 16.8. The molecule has 0 aliphatic heterocycles. The van der Waals surface area contributed by atoms with Crippen molar-refractivity contribution in [2.24, 2.45) is 0 Å². The van der Waals surface area contributed by atoms with E-state index in [1.54, 1.807) is 0 Å². The molecule has 0 bridgehead atoms. The fourth-order valence-corrected chi connectivity index (χ4v) is 3.53. The Bertz CT molecular complexity index is 438. The monoisotopic (exact) mass is 316 g/mol. The lowest BCUT2D eigenvalue weighted by atomic mass is 9.83. The van der Waals surface area contributed by atoms with E-state index in [1.165, 1.54) is 56.1 Å². The van der Waals surface area contributed by atoms with Crippen molar-refractivity contribution >= 4 is 6.08 Å². The molecule has 0 heterocycles. The Kier molecular flexibility index (Phi) is 8.42. The number of allylic oxidation sites excluding steroid dienone is 1. The Labute approximate surface area is 142 Å². The third kappa shape index (κ3) is 6.89. The van der Waals surface area contributed by atoms with E-state index in [1.807, 2.05) is 0 Å². The normalized spacial score (nSPS) is 21.8. The van der Waals surface area contributed by atoms with Crippen LogP contribution in [0.1, 0.15) is 94.6 Å². The van der Waals surface area contributed by atoms with E-state index in [4.69, 9.17) is 0 Å². The molecule has 1 aliphatic carbocycles. The molecule has 1 fully saturated rings. The minimum atomic E-state index is -0.560. The van der Waals surface area contributed by atoms with Crippen molar-refractivity contribution in [1.29, 1.82) is 0 Å². The van der Waals surface area contributed by atoms with Crippen LogP contribution in [0.2, 0.25) is 0 Å². The van der Waals surface area contributed by atoms with Gasteiger partial charge in [0.15, 0.2) is 0 Å². The zero-order chi connectivity index (χ0) is 16.3. The Balaban J connectivity index is 1.67. The van der Waals surface area contributed by atoms with Crippen LogP contribution in [-0.4, -0.2) is 6.17 Å². The number of hydrogen-bond donors (Lipinski definition) is 0. The lowest BCUT2D eigenvalue weighted by molar-refractivity contribution is 0.235. The fraction of sp³-hybridized carbons (Fsp3) is 0.636. The van der Waals surface area contributed by atoms with E-state index < -0.39 is 6.17 Å². The van der Waals surface area contributed by atoms with Gasteiger partial charge in [-0.3, -0.25) is 0 Å². The minimum Gasteiger partial charge on any atom is -0.247 e. The molecule has 2 rings (SSSR count). The van der Waals surface area contributed by atoms with Gasteiger partial charge in [-0.1, -0.05) is 75.4 Å². The maximum atomic E-state index is 13.2. The molecule has 0 radical (unpaired) electrons. The topological polar surface area (TPSA) is 0 Å². The Morgan fingerprint density at radius 1 is 0.913 bits per heavy atom. The summed E-state index contributed by atoms with van der Waals surface area (Å²) in [7, 11) is 0. The van der Waals surface area contributed by atoms with Crippen LogP contribution in [0.25, 0.3) is 6.08 Å². The standard InChI is InChI=1S/C22H33F/c1-2-3-4-5-6-7-8-9-10-19-11-13-20(14-12-19)21-15-17-22(23)18-16-21/h9-14,21-22H,2-8,15-18H2,1H3/t21-,22-. The van der Waals surface area contributed by atoms with Gasteiger partial charge in [0.2, 0.25) is 0 Å². The van der Waals surface area contributed by atoms with Crippen LogP contribution >= 0.6 is 0 Å². The average Bonchev–Trinajstić information content (AvgIpc) is 2.59. The molecule has 1 heteroatoms. The van der Waals surface area contributed by atoms with Gasteiger partial charge in [0.25, 0.3) is 0 Å². The minimum absolute atomic E-state index is 0.560. The summed E-state index contributed by atoms with van der Waals surface area (Å²) in [5.74, 6) is 0.572. The summed E-state index contributed by atoms with van der Waals surface area (Å²) in [5.41, 5.74) is 2.68. The summed E-state index contributed by atoms with van der Waals surface area (Å²) in [5, 5.41) is 0. The largest absolute Gasteiger partial charge is 0.247 e. The summed E-state index contributed by atoms with van der Waals surface area (Å²) >= 11 is 0. The molecule has 1 aliphatic rings. The van der Waals surface area contributed by atoms with E-state index in [0.29, 0.717) is 5.92 Å². The van der Waals surface area contributed by atoms with Crippen LogP contribution in [0.5, 0.6) is 0 Å². The third-order valence-corrected chi connectivity index (χ3v) is 5.10. The molecule has 0 N–H and O–H groups in total. The number of rotatable bonds is 9. The molecule has 0 nitrogen and oxygen atoms in total. The van der Waals surface area contributed by atoms with Crippen molar-refractivity contribution in [1.82, 2.24) is 0 Å². The van der Waals surface area contributed by atoms with Gasteiger partial charge in [-0.05, 0) is 55.6 Å². The highest BCUT2D eigenvalue weighted by Gasteiger charge is 2.21. The second-order valence-electron chi connectivity index (χ2n) is 7.07. The van der Waals surface area contributed by atoms with Gasteiger partial charge >= 0.3 is 0 Å². The molecular formula is C22H33F. The first-order chi connectivity index (χ1) is 11.3. The Morgan fingerprint density at radius 2 is 1.57 bits per heavy atom. The summed E-state index contributed by atoms with van der Waals surface area (Å²) < 4.78 is 13.2. The van der Waals surface area contributed by atoms with Crippen LogP contribution in [0, 0.1) is 0 Å². The van der Waals surface area contributed by atoms with Crippen molar-refractivity contribution in [2.75, 3.05) is 0 Å². The van der Waals surface area contributed by atoms with Gasteiger partial charge < -0.3 is 0 Å². The summed E-state index contributed by atoms with van der Waals surface area (Å²) in [4.78, 5) is 0. The first-order valence-corrected chi connectivity index (χ1v) is 9.70. The first-order valence-electron chi connectivity index (χ1n) is 9.70. The molecule has 0 aromatic heterocycles. The zero-order valence-electron chi connectivity index (χ0n) is 14.8. The lowest BCUT2D eigenvalue weighted by Gasteiger charge is -2.24. The number of halogens is 1. The van der Waals surface area contributed by atoms with Crippen LogP contribution in [0.3, 0.4) is 0 Å². The maximum Gasteiger partial charge on any atom is 0.100 e. The van der Waals surface area contributed by atoms with Gasteiger partial charge in [-0.2, -0.15) is 0 Å². The molecule has 1 aromatic carbocycles. The number of unbranched alkanes of at least 4 members (excludes halogenated alkanes) is 6. The number of benzene rings is 1. The molecule has 0 saturated heterocycles. The molecule has 1 saturated carbocycles. The van der Waals surface area contributed by atoms with Crippen LogP contribution < -0.4 is 0 Å². The van der Waals surface area contributed by atoms with Gasteiger partial charge in [-0.15, -0.1) is 0 Å². The molecule has 1 aromatic rings. The molecule has 128 valence electrons.